The highest BCUT2D eigenvalue weighted by Crippen LogP contribution is 2.32. The number of halogens is 2. The number of rotatable bonds is 4. The molecule has 1 aliphatic heterocycles. The van der Waals surface area contributed by atoms with Gasteiger partial charge in [0.1, 0.15) is 11.4 Å². The third-order valence-electron chi connectivity index (χ3n) is 5.19. The van der Waals surface area contributed by atoms with Crippen LogP contribution in [-0.2, 0) is 0 Å². The summed E-state index contributed by atoms with van der Waals surface area (Å²) in [5, 5.41) is 32.7. The molecule has 0 amide bonds. The van der Waals surface area contributed by atoms with Gasteiger partial charge in [0, 0.05) is 34.4 Å². The maximum atomic E-state index is 10.4. The highest BCUT2D eigenvalue weighted by Gasteiger charge is 2.37. The Hall–Kier alpha value is -2.42. The van der Waals surface area contributed by atoms with E-state index in [2.05, 4.69) is 63.7 Å². The molecule has 0 bridgehead atoms. The Bertz CT molecular complexity index is 975. The summed E-state index contributed by atoms with van der Waals surface area (Å²) in [5.74, 6) is 0.629. The van der Waals surface area contributed by atoms with Crippen molar-refractivity contribution in [2.75, 3.05) is 5.32 Å². The number of hydrogen-bond acceptors (Lipinski definition) is 7. The van der Waals surface area contributed by atoms with E-state index in [-0.39, 0.29) is 47.7 Å². The summed E-state index contributed by atoms with van der Waals surface area (Å²) in [6.45, 7) is 8.84. The van der Waals surface area contributed by atoms with Gasteiger partial charge < -0.3 is 15.7 Å². The van der Waals surface area contributed by atoms with Crippen molar-refractivity contribution in [2.45, 2.75) is 57.7 Å². The largest absolute Gasteiger partial charge is 0.507 e. The summed E-state index contributed by atoms with van der Waals surface area (Å²) in [5.41, 5.74) is 2.97. The molecule has 0 unspecified atom stereocenters. The molecule has 10 heteroatoms. The second kappa shape index (κ2) is 9.38. The van der Waals surface area contributed by atoms with Crippen molar-refractivity contribution < 1.29 is 5.11 Å². The molecule has 4 rings (SSSR count). The summed E-state index contributed by atoms with van der Waals surface area (Å²) in [4.78, 5) is 4.43. The smallest absolute Gasteiger partial charge is 0.242 e. The molecule has 1 aliphatic rings. The van der Waals surface area contributed by atoms with Crippen LogP contribution in [0.1, 0.15) is 40.5 Å². The highest BCUT2D eigenvalue weighted by molar-refractivity contribution is 5.85. The second-order valence-electron chi connectivity index (χ2n) is 9.03. The summed E-state index contributed by atoms with van der Waals surface area (Å²) in [6, 6.07) is 5.67. The van der Waals surface area contributed by atoms with Crippen LogP contribution in [0.3, 0.4) is 0 Å². The van der Waals surface area contributed by atoms with Crippen LogP contribution in [0.25, 0.3) is 22.4 Å². The van der Waals surface area contributed by atoms with Gasteiger partial charge >= 0.3 is 0 Å². The number of aromatic hydroxyl groups is 1. The van der Waals surface area contributed by atoms with Crippen LogP contribution in [0.5, 0.6) is 5.75 Å². The van der Waals surface area contributed by atoms with Crippen molar-refractivity contribution in [3.05, 3.63) is 36.8 Å². The molecule has 0 radical (unpaired) electrons. The lowest BCUT2D eigenvalue weighted by molar-refractivity contribution is 0.170. The standard InChI is InChI=1S/C21H27N7O.2ClH/c1-20(2)8-15(9-21(3,4)28-20)25-19-22-12-17(26-27-19)16-6-5-13(7-18(16)29)14-10-23-24-11-14;;/h5-7,10-12,15,28-29H,8-9H2,1-4H3,(H,23,24)(H,22,25,27);2*1H. The van der Waals surface area contributed by atoms with Gasteiger partial charge in [-0.3, -0.25) is 5.10 Å². The van der Waals surface area contributed by atoms with Gasteiger partial charge in [-0.2, -0.15) is 5.10 Å². The summed E-state index contributed by atoms with van der Waals surface area (Å²) in [7, 11) is 0. The van der Waals surface area contributed by atoms with E-state index in [1.54, 1.807) is 24.7 Å². The van der Waals surface area contributed by atoms with Crippen LogP contribution in [0, 0.1) is 0 Å². The quantitative estimate of drug-likeness (QED) is 0.456. The lowest BCUT2D eigenvalue weighted by Gasteiger charge is -2.46. The number of aromatic nitrogens is 5. The zero-order chi connectivity index (χ0) is 20.6. The number of nitrogens with zero attached hydrogens (tertiary/aromatic N) is 4. The van der Waals surface area contributed by atoms with Crippen molar-refractivity contribution in [2.24, 2.45) is 0 Å². The fourth-order valence-electron chi connectivity index (χ4n) is 4.41. The van der Waals surface area contributed by atoms with E-state index >= 15 is 0 Å². The number of benzene rings is 1. The van der Waals surface area contributed by atoms with Gasteiger partial charge in [0.25, 0.3) is 0 Å². The lowest BCUT2D eigenvalue weighted by Crippen LogP contribution is -2.60. The molecule has 1 aromatic carbocycles. The van der Waals surface area contributed by atoms with E-state index in [0.29, 0.717) is 17.2 Å². The first-order valence-electron chi connectivity index (χ1n) is 9.79. The van der Waals surface area contributed by atoms with Gasteiger partial charge in [0.2, 0.25) is 5.95 Å². The summed E-state index contributed by atoms with van der Waals surface area (Å²) < 4.78 is 0. The van der Waals surface area contributed by atoms with Crippen LogP contribution in [0.2, 0.25) is 0 Å². The fourth-order valence-corrected chi connectivity index (χ4v) is 4.41. The molecule has 0 spiro atoms. The number of phenols is 1. The maximum absolute atomic E-state index is 10.4. The van der Waals surface area contributed by atoms with Gasteiger partial charge in [0.05, 0.1) is 12.4 Å². The normalized spacial score (nSPS) is 17.3. The molecule has 8 nitrogen and oxygen atoms in total. The van der Waals surface area contributed by atoms with Crippen molar-refractivity contribution in [1.29, 1.82) is 0 Å². The predicted molar refractivity (Wildman–Crippen MR) is 127 cm³/mol. The minimum absolute atomic E-state index is 0. The second-order valence-corrected chi connectivity index (χ2v) is 9.03. The minimum atomic E-state index is 0. The molecule has 0 aliphatic carbocycles. The number of aromatic amines is 1. The van der Waals surface area contributed by atoms with Crippen LogP contribution in [0.4, 0.5) is 5.95 Å². The molecule has 1 fully saturated rings. The molecule has 4 N–H and O–H groups in total. The molecule has 0 atom stereocenters. The molecule has 3 heterocycles. The molecular formula is C21H29Cl2N7O. The van der Waals surface area contributed by atoms with Crippen molar-refractivity contribution in [3.63, 3.8) is 0 Å². The zero-order valence-corrected chi connectivity index (χ0v) is 19.6. The first-order valence-corrected chi connectivity index (χ1v) is 9.79. The van der Waals surface area contributed by atoms with Gasteiger partial charge in [-0.15, -0.1) is 35.0 Å². The lowest BCUT2D eigenvalue weighted by atomic mass is 9.80. The SMILES string of the molecule is CC1(C)CC(Nc2ncc(-c3ccc(-c4cn[nH]c4)cc3O)nn2)CC(C)(C)N1.Cl.Cl. The first-order chi connectivity index (χ1) is 13.7. The van der Waals surface area contributed by atoms with Gasteiger partial charge in [0.15, 0.2) is 0 Å². The Morgan fingerprint density at radius 2 is 1.71 bits per heavy atom. The van der Waals surface area contributed by atoms with E-state index in [0.717, 1.165) is 24.0 Å². The van der Waals surface area contributed by atoms with Gasteiger partial charge in [-0.05, 0) is 58.2 Å². The van der Waals surface area contributed by atoms with Crippen LogP contribution in [-0.4, -0.2) is 47.6 Å². The Labute approximate surface area is 194 Å². The number of H-pyrrole nitrogens is 1. The van der Waals surface area contributed by atoms with Crippen molar-refractivity contribution in [1.82, 2.24) is 30.7 Å². The Morgan fingerprint density at radius 3 is 2.26 bits per heavy atom. The number of phenolic OH excluding ortho intramolecular Hbond substituents is 1. The van der Waals surface area contributed by atoms with E-state index in [1.165, 1.54) is 0 Å². The highest BCUT2D eigenvalue weighted by atomic mass is 35.5. The molecule has 0 saturated carbocycles. The number of anilines is 1. The molecule has 2 aromatic heterocycles. The zero-order valence-electron chi connectivity index (χ0n) is 18.0. The van der Waals surface area contributed by atoms with E-state index < -0.39 is 0 Å². The Morgan fingerprint density at radius 1 is 1.00 bits per heavy atom. The Balaban J connectivity index is 0.00000171. The summed E-state index contributed by atoms with van der Waals surface area (Å²) in [6.07, 6.45) is 7.06. The average Bonchev–Trinajstić information content (AvgIpc) is 3.14. The number of piperidine rings is 1. The van der Waals surface area contributed by atoms with E-state index in [1.807, 2.05) is 12.1 Å². The van der Waals surface area contributed by atoms with E-state index in [9.17, 15) is 5.11 Å². The first kappa shape index (κ1) is 24.8. The van der Waals surface area contributed by atoms with Gasteiger partial charge in [-0.25, -0.2) is 4.98 Å². The number of hydrogen-bond donors (Lipinski definition) is 4. The monoisotopic (exact) mass is 465 g/mol. The third kappa shape index (κ3) is 5.84. The fraction of sp³-hybridized carbons (Fsp3) is 0.429. The molecule has 1 saturated heterocycles. The van der Waals surface area contributed by atoms with Crippen molar-refractivity contribution >= 4 is 30.8 Å². The minimum Gasteiger partial charge on any atom is -0.507 e. The molecule has 168 valence electrons. The van der Waals surface area contributed by atoms with Crippen LogP contribution >= 0.6 is 24.8 Å². The molecule has 31 heavy (non-hydrogen) atoms. The van der Waals surface area contributed by atoms with Crippen molar-refractivity contribution in [3.8, 4) is 28.1 Å². The van der Waals surface area contributed by atoms with Crippen LogP contribution in [0.15, 0.2) is 36.8 Å². The van der Waals surface area contributed by atoms with Crippen LogP contribution < -0.4 is 10.6 Å². The summed E-state index contributed by atoms with van der Waals surface area (Å²) >= 11 is 0. The Kier molecular flexibility index (Phi) is 7.52. The number of nitrogens with one attached hydrogen (secondary N) is 3. The van der Waals surface area contributed by atoms with E-state index in [4.69, 9.17) is 0 Å². The molecular weight excluding hydrogens is 437 g/mol. The van der Waals surface area contributed by atoms with Gasteiger partial charge in [-0.1, -0.05) is 6.07 Å². The third-order valence-corrected chi connectivity index (χ3v) is 5.19. The molecule has 3 aromatic rings. The maximum Gasteiger partial charge on any atom is 0.242 e. The average molecular weight is 466 g/mol. The topological polar surface area (TPSA) is 112 Å². The predicted octanol–water partition coefficient (Wildman–Crippen LogP) is 4.20.